The van der Waals surface area contributed by atoms with Crippen molar-refractivity contribution in [2.24, 2.45) is 5.92 Å². The van der Waals surface area contributed by atoms with E-state index >= 15 is 0 Å². The third kappa shape index (κ3) is 5.10. The lowest BCUT2D eigenvalue weighted by molar-refractivity contribution is 0.0239. The summed E-state index contributed by atoms with van der Waals surface area (Å²) in [5.74, 6) is 0.685. The van der Waals surface area contributed by atoms with E-state index in [0.717, 1.165) is 35.3 Å². The molecule has 4 aromatic rings. The molecular weight excluding hydrogens is 512 g/mol. The summed E-state index contributed by atoms with van der Waals surface area (Å²) < 4.78 is 12.3. The highest BCUT2D eigenvalue weighted by Crippen LogP contribution is 2.54. The Balaban J connectivity index is 1.77. The predicted octanol–water partition coefficient (Wildman–Crippen LogP) is 7.94. The maximum atomic E-state index is 13.5. The van der Waals surface area contributed by atoms with Crippen LogP contribution in [0.1, 0.15) is 65.4 Å². The van der Waals surface area contributed by atoms with Crippen LogP contribution in [0.5, 0.6) is 11.5 Å². The van der Waals surface area contributed by atoms with E-state index in [-0.39, 0.29) is 5.75 Å². The molecule has 1 unspecified atom stereocenters. The predicted molar refractivity (Wildman–Crippen MR) is 165 cm³/mol. The van der Waals surface area contributed by atoms with Gasteiger partial charge in [-0.2, -0.15) is 0 Å². The second-order valence-electron chi connectivity index (χ2n) is 10.9. The molecule has 1 atom stereocenters. The van der Waals surface area contributed by atoms with Crippen LogP contribution in [-0.2, 0) is 16.8 Å². The zero-order valence-corrected chi connectivity index (χ0v) is 24.4. The van der Waals surface area contributed by atoms with Crippen molar-refractivity contribution in [2.45, 2.75) is 46.1 Å². The number of rotatable bonds is 10. The summed E-state index contributed by atoms with van der Waals surface area (Å²) in [6.45, 7) is 9.13. The van der Waals surface area contributed by atoms with Crippen molar-refractivity contribution in [1.29, 1.82) is 0 Å². The highest BCUT2D eigenvalue weighted by molar-refractivity contribution is 5.97. The first kappa shape index (κ1) is 28.1. The molecule has 0 bridgehead atoms. The maximum Gasteiger partial charge on any atom is 0.340 e. The number of fused-ring (bicyclic) bond motifs is 1. The van der Waals surface area contributed by atoms with Gasteiger partial charge in [0.2, 0.25) is 0 Å². The number of carbonyl (C=O) groups excluding carboxylic acids is 1. The molecule has 0 amide bonds. The van der Waals surface area contributed by atoms with Crippen LogP contribution in [0.4, 0.5) is 17.1 Å². The molecule has 0 saturated heterocycles. The molecule has 6 nitrogen and oxygen atoms in total. The van der Waals surface area contributed by atoms with Crippen molar-refractivity contribution in [3.63, 3.8) is 0 Å². The first-order valence-corrected chi connectivity index (χ1v) is 14.2. The lowest BCUT2D eigenvalue weighted by Crippen LogP contribution is -2.31. The molecule has 41 heavy (non-hydrogen) atoms. The van der Waals surface area contributed by atoms with Crippen molar-refractivity contribution in [3.8, 4) is 11.5 Å². The number of esters is 1. The molecule has 3 N–H and O–H groups in total. The fraction of sp³-hybridized carbons (Fsp3) is 0.286. The van der Waals surface area contributed by atoms with Crippen molar-refractivity contribution in [2.75, 3.05) is 24.3 Å². The van der Waals surface area contributed by atoms with Gasteiger partial charge in [-0.25, -0.2) is 4.79 Å². The van der Waals surface area contributed by atoms with Crippen molar-refractivity contribution < 1.29 is 19.4 Å². The fourth-order valence-electron chi connectivity index (χ4n) is 5.59. The van der Waals surface area contributed by atoms with Gasteiger partial charge in [0, 0.05) is 34.6 Å². The largest absolute Gasteiger partial charge is 0.505 e. The van der Waals surface area contributed by atoms with E-state index in [0.29, 0.717) is 46.2 Å². The lowest BCUT2D eigenvalue weighted by Gasteiger charge is -2.33. The average molecular weight is 551 g/mol. The Kier molecular flexibility index (Phi) is 7.93. The van der Waals surface area contributed by atoms with Crippen molar-refractivity contribution in [1.82, 2.24) is 0 Å². The number of carbonyl (C=O) groups is 1. The van der Waals surface area contributed by atoms with E-state index in [9.17, 15) is 9.90 Å². The highest BCUT2D eigenvalue weighted by atomic mass is 16.6. The minimum atomic E-state index is -1.44. The number of methoxy groups -OCH3 is 1. The summed E-state index contributed by atoms with van der Waals surface area (Å²) in [5.41, 5.74) is 5.16. The molecule has 4 aromatic carbocycles. The Morgan fingerprint density at radius 3 is 2.39 bits per heavy atom. The van der Waals surface area contributed by atoms with Gasteiger partial charge >= 0.3 is 5.97 Å². The summed E-state index contributed by atoms with van der Waals surface area (Å²) in [6, 6.07) is 25.1. The number of cyclic esters (lactones) is 1. The molecular formula is C35H38N2O4. The first-order chi connectivity index (χ1) is 19.8. The van der Waals surface area contributed by atoms with Gasteiger partial charge < -0.3 is 25.2 Å². The highest BCUT2D eigenvalue weighted by Gasteiger charge is 2.52. The molecule has 1 heterocycles. The summed E-state index contributed by atoms with van der Waals surface area (Å²) in [5, 5.41) is 19.0. The number of nitrogens with one attached hydrogen (secondary N) is 2. The molecule has 212 valence electrons. The van der Waals surface area contributed by atoms with E-state index in [1.54, 1.807) is 13.2 Å². The Morgan fingerprint density at radius 2 is 1.68 bits per heavy atom. The average Bonchev–Trinajstić information content (AvgIpc) is 3.27. The van der Waals surface area contributed by atoms with E-state index in [2.05, 4.69) is 31.4 Å². The van der Waals surface area contributed by atoms with Crippen LogP contribution in [-0.4, -0.2) is 24.7 Å². The zero-order valence-electron chi connectivity index (χ0n) is 24.4. The van der Waals surface area contributed by atoms with Crippen LogP contribution in [0.2, 0.25) is 0 Å². The lowest BCUT2D eigenvalue weighted by atomic mass is 9.77. The molecule has 0 saturated carbocycles. The standard InChI is InChI=1S/C35H38N2O4/c1-6-24-16-17-28(33(38)32(24)36-19-18-22(2)3)35(27-15-11-10-14-26(27)34(39)41-35)29-21-30(23(4)20-31(29)40-5)37-25-12-8-7-9-13-25/h7-17,20-22,36-38H,6,18-19H2,1-5H3. The summed E-state index contributed by atoms with van der Waals surface area (Å²) in [6.07, 6.45) is 1.69. The molecule has 5 rings (SSSR count). The van der Waals surface area contributed by atoms with Gasteiger partial charge in [0.1, 0.15) is 11.5 Å². The van der Waals surface area contributed by atoms with Gasteiger partial charge in [0.05, 0.1) is 18.4 Å². The van der Waals surface area contributed by atoms with Crippen LogP contribution >= 0.6 is 0 Å². The minimum absolute atomic E-state index is 0.0674. The number of aryl methyl sites for hydroxylation is 2. The molecule has 6 heteroatoms. The molecule has 0 aromatic heterocycles. The third-order valence-corrected chi connectivity index (χ3v) is 7.80. The molecule has 0 aliphatic carbocycles. The van der Waals surface area contributed by atoms with Crippen molar-refractivity contribution in [3.05, 3.63) is 112 Å². The van der Waals surface area contributed by atoms with Gasteiger partial charge in [-0.15, -0.1) is 0 Å². The normalized spacial score (nSPS) is 15.9. The number of phenolic OH excluding ortho intramolecular Hbond substituents is 1. The smallest absolute Gasteiger partial charge is 0.340 e. The van der Waals surface area contributed by atoms with Gasteiger partial charge in [0.25, 0.3) is 0 Å². The minimum Gasteiger partial charge on any atom is -0.505 e. The molecule has 0 radical (unpaired) electrons. The summed E-state index contributed by atoms with van der Waals surface area (Å²) in [7, 11) is 1.61. The molecule has 0 fully saturated rings. The SMILES string of the molecule is CCc1ccc(C2(c3cc(Nc4ccccc4)c(C)cc3OC)OC(=O)c3ccccc32)c(O)c1NCCC(C)C. The molecule has 1 aliphatic rings. The number of hydrogen-bond donors (Lipinski definition) is 3. The van der Waals surface area contributed by atoms with E-state index in [4.69, 9.17) is 9.47 Å². The zero-order chi connectivity index (χ0) is 29.1. The first-order valence-electron chi connectivity index (χ1n) is 14.2. The number of benzene rings is 4. The Hall–Kier alpha value is -4.45. The van der Waals surface area contributed by atoms with Gasteiger partial charge in [-0.3, -0.25) is 0 Å². The third-order valence-electron chi connectivity index (χ3n) is 7.80. The van der Waals surface area contributed by atoms with Crippen LogP contribution in [0, 0.1) is 12.8 Å². The Morgan fingerprint density at radius 1 is 0.951 bits per heavy atom. The molecule has 0 spiro atoms. The Labute approximate surface area is 242 Å². The second kappa shape index (κ2) is 11.6. The number of ether oxygens (including phenoxy) is 2. The topological polar surface area (TPSA) is 79.8 Å². The molecule has 1 aliphatic heterocycles. The van der Waals surface area contributed by atoms with Gasteiger partial charge in [0.15, 0.2) is 5.60 Å². The van der Waals surface area contributed by atoms with Crippen LogP contribution < -0.4 is 15.4 Å². The maximum absolute atomic E-state index is 13.5. The van der Waals surface area contributed by atoms with Gasteiger partial charge in [-0.1, -0.05) is 69.3 Å². The van der Waals surface area contributed by atoms with E-state index in [1.165, 1.54) is 0 Å². The number of aromatic hydroxyl groups is 1. The summed E-state index contributed by atoms with van der Waals surface area (Å²) >= 11 is 0. The quantitative estimate of drug-likeness (QED) is 0.137. The second-order valence-corrected chi connectivity index (χ2v) is 10.9. The van der Waals surface area contributed by atoms with Gasteiger partial charge in [-0.05, 0) is 67.1 Å². The number of para-hydroxylation sites is 1. The van der Waals surface area contributed by atoms with Crippen LogP contribution in [0.15, 0.2) is 78.9 Å². The fourth-order valence-corrected chi connectivity index (χ4v) is 5.59. The van der Waals surface area contributed by atoms with Crippen LogP contribution in [0.25, 0.3) is 0 Å². The van der Waals surface area contributed by atoms with Crippen LogP contribution in [0.3, 0.4) is 0 Å². The number of anilines is 3. The summed E-state index contributed by atoms with van der Waals surface area (Å²) in [4.78, 5) is 13.5. The number of hydrogen-bond acceptors (Lipinski definition) is 6. The van der Waals surface area contributed by atoms with E-state index < -0.39 is 11.6 Å². The number of phenols is 1. The van der Waals surface area contributed by atoms with Crippen molar-refractivity contribution >= 4 is 23.0 Å². The Bertz CT molecular complexity index is 1560. The van der Waals surface area contributed by atoms with E-state index in [1.807, 2.05) is 79.7 Å². The monoisotopic (exact) mass is 550 g/mol.